The largest absolute Gasteiger partial charge is 0.392 e. The fourth-order valence-corrected chi connectivity index (χ4v) is 1.56. The standard InChI is InChI=1S/C13H10F2O/c14-12-6-5-9(7-10(12)8-16)11-3-1-2-4-13(11)15/h1-7,16H,8H2. The van der Waals surface area contributed by atoms with Gasteiger partial charge in [-0.1, -0.05) is 24.3 Å². The van der Waals surface area contributed by atoms with Crippen LogP contribution in [0, 0.1) is 11.6 Å². The molecule has 0 radical (unpaired) electrons. The first kappa shape index (κ1) is 10.8. The van der Waals surface area contributed by atoms with Crippen molar-refractivity contribution in [1.29, 1.82) is 0 Å². The van der Waals surface area contributed by atoms with E-state index in [0.717, 1.165) is 0 Å². The Morgan fingerprint density at radius 2 is 1.69 bits per heavy atom. The Bertz CT molecular complexity index is 509. The van der Waals surface area contributed by atoms with Gasteiger partial charge in [0.15, 0.2) is 0 Å². The predicted molar refractivity (Wildman–Crippen MR) is 57.7 cm³/mol. The Morgan fingerprint density at radius 3 is 2.38 bits per heavy atom. The summed E-state index contributed by atoms with van der Waals surface area (Å²) < 4.78 is 26.6. The number of aliphatic hydroxyl groups excluding tert-OH is 1. The van der Waals surface area contributed by atoms with E-state index in [2.05, 4.69) is 0 Å². The zero-order valence-electron chi connectivity index (χ0n) is 8.45. The van der Waals surface area contributed by atoms with Crippen molar-refractivity contribution in [1.82, 2.24) is 0 Å². The lowest BCUT2D eigenvalue weighted by Crippen LogP contribution is -1.91. The molecular formula is C13H10F2O. The third-order valence-corrected chi connectivity index (χ3v) is 2.40. The number of aliphatic hydroxyl groups is 1. The molecule has 82 valence electrons. The molecule has 2 aromatic rings. The van der Waals surface area contributed by atoms with Gasteiger partial charge in [-0.15, -0.1) is 0 Å². The highest BCUT2D eigenvalue weighted by atomic mass is 19.1. The lowest BCUT2D eigenvalue weighted by Gasteiger charge is -2.06. The Kier molecular flexibility index (Phi) is 2.97. The van der Waals surface area contributed by atoms with Crippen LogP contribution in [0.25, 0.3) is 11.1 Å². The predicted octanol–water partition coefficient (Wildman–Crippen LogP) is 3.12. The van der Waals surface area contributed by atoms with Gasteiger partial charge in [-0.05, 0) is 23.8 Å². The van der Waals surface area contributed by atoms with Crippen molar-refractivity contribution >= 4 is 0 Å². The molecule has 0 fully saturated rings. The molecule has 0 unspecified atom stereocenters. The molecule has 0 aliphatic rings. The molecule has 2 aromatic carbocycles. The van der Waals surface area contributed by atoms with Crippen LogP contribution in [0.1, 0.15) is 5.56 Å². The molecule has 1 nitrogen and oxygen atoms in total. The van der Waals surface area contributed by atoms with Crippen molar-refractivity contribution in [2.24, 2.45) is 0 Å². The van der Waals surface area contributed by atoms with Crippen LogP contribution in [0.2, 0.25) is 0 Å². The van der Waals surface area contributed by atoms with Crippen molar-refractivity contribution in [3.05, 3.63) is 59.7 Å². The van der Waals surface area contributed by atoms with Gasteiger partial charge in [-0.2, -0.15) is 0 Å². The van der Waals surface area contributed by atoms with E-state index in [1.165, 1.54) is 24.3 Å². The zero-order chi connectivity index (χ0) is 11.5. The van der Waals surface area contributed by atoms with Crippen LogP contribution in [-0.2, 0) is 6.61 Å². The molecule has 2 rings (SSSR count). The number of halogens is 2. The molecule has 3 heteroatoms. The smallest absolute Gasteiger partial charge is 0.131 e. The molecule has 0 saturated heterocycles. The van der Waals surface area contributed by atoms with Crippen molar-refractivity contribution < 1.29 is 13.9 Å². The van der Waals surface area contributed by atoms with Gasteiger partial charge in [-0.25, -0.2) is 8.78 Å². The minimum atomic E-state index is -0.484. The highest BCUT2D eigenvalue weighted by molar-refractivity contribution is 5.64. The van der Waals surface area contributed by atoms with Gasteiger partial charge in [0.1, 0.15) is 11.6 Å². The lowest BCUT2D eigenvalue weighted by molar-refractivity contribution is 0.276. The van der Waals surface area contributed by atoms with E-state index in [1.807, 2.05) is 0 Å². The SMILES string of the molecule is OCc1cc(-c2ccccc2F)ccc1F. The Labute approximate surface area is 92.0 Å². The van der Waals surface area contributed by atoms with Crippen LogP contribution in [0.3, 0.4) is 0 Å². The summed E-state index contributed by atoms with van der Waals surface area (Å²) in [5.74, 6) is -0.847. The van der Waals surface area contributed by atoms with E-state index in [-0.39, 0.29) is 11.4 Å². The molecule has 0 heterocycles. The van der Waals surface area contributed by atoms with Crippen molar-refractivity contribution in [3.8, 4) is 11.1 Å². The average Bonchev–Trinajstić information content (AvgIpc) is 2.31. The summed E-state index contributed by atoms with van der Waals surface area (Å²) in [7, 11) is 0. The zero-order valence-corrected chi connectivity index (χ0v) is 8.45. The molecule has 0 amide bonds. The lowest BCUT2D eigenvalue weighted by atomic mass is 10.0. The summed E-state index contributed by atoms with van der Waals surface area (Å²) in [6, 6.07) is 10.4. The molecule has 0 aromatic heterocycles. The van der Waals surface area contributed by atoms with Gasteiger partial charge in [-0.3, -0.25) is 0 Å². The second kappa shape index (κ2) is 4.41. The third-order valence-electron chi connectivity index (χ3n) is 2.40. The van der Waals surface area contributed by atoms with E-state index >= 15 is 0 Å². The van der Waals surface area contributed by atoms with Crippen molar-refractivity contribution in [2.45, 2.75) is 6.61 Å². The first-order chi connectivity index (χ1) is 7.72. The minimum absolute atomic E-state index is 0.167. The molecular weight excluding hydrogens is 210 g/mol. The summed E-state index contributed by atoms with van der Waals surface area (Å²) in [5, 5.41) is 8.93. The highest BCUT2D eigenvalue weighted by Gasteiger charge is 2.07. The fraction of sp³-hybridized carbons (Fsp3) is 0.0769. The number of rotatable bonds is 2. The molecule has 0 spiro atoms. The second-order valence-electron chi connectivity index (χ2n) is 3.44. The molecule has 0 saturated carbocycles. The maximum atomic E-state index is 13.5. The van der Waals surface area contributed by atoms with Gasteiger partial charge < -0.3 is 5.11 Å². The number of hydrogen-bond donors (Lipinski definition) is 1. The van der Waals surface area contributed by atoms with E-state index in [1.54, 1.807) is 18.2 Å². The molecule has 0 aliphatic carbocycles. The Hall–Kier alpha value is -1.74. The van der Waals surface area contributed by atoms with E-state index in [4.69, 9.17) is 5.11 Å². The van der Waals surface area contributed by atoms with Crippen LogP contribution in [-0.4, -0.2) is 5.11 Å². The third kappa shape index (κ3) is 1.95. The van der Waals surface area contributed by atoms with Crippen LogP contribution in [0.5, 0.6) is 0 Å². The van der Waals surface area contributed by atoms with Gasteiger partial charge in [0.25, 0.3) is 0 Å². The maximum Gasteiger partial charge on any atom is 0.131 e. The molecule has 16 heavy (non-hydrogen) atoms. The Morgan fingerprint density at radius 1 is 0.938 bits per heavy atom. The van der Waals surface area contributed by atoms with Crippen molar-refractivity contribution in [3.63, 3.8) is 0 Å². The van der Waals surface area contributed by atoms with Crippen molar-refractivity contribution in [2.75, 3.05) is 0 Å². The van der Waals surface area contributed by atoms with Gasteiger partial charge in [0, 0.05) is 11.1 Å². The normalized spacial score (nSPS) is 10.4. The van der Waals surface area contributed by atoms with Crippen LogP contribution >= 0.6 is 0 Å². The quantitative estimate of drug-likeness (QED) is 0.824. The second-order valence-corrected chi connectivity index (χ2v) is 3.44. The molecule has 0 atom stereocenters. The van der Waals surface area contributed by atoms with Crippen LogP contribution in [0.15, 0.2) is 42.5 Å². The van der Waals surface area contributed by atoms with E-state index < -0.39 is 12.4 Å². The van der Waals surface area contributed by atoms with Crippen LogP contribution < -0.4 is 0 Å². The van der Waals surface area contributed by atoms with Gasteiger partial charge >= 0.3 is 0 Å². The van der Waals surface area contributed by atoms with Gasteiger partial charge in [0.2, 0.25) is 0 Å². The summed E-state index contributed by atoms with van der Waals surface area (Å²) in [6.07, 6.45) is 0. The minimum Gasteiger partial charge on any atom is -0.392 e. The monoisotopic (exact) mass is 220 g/mol. The summed E-state index contributed by atoms with van der Waals surface area (Å²) in [6.45, 7) is -0.395. The Balaban J connectivity index is 2.53. The fourth-order valence-electron chi connectivity index (χ4n) is 1.56. The van der Waals surface area contributed by atoms with E-state index in [0.29, 0.717) is 11.1 Å². The first-order valence-corrected chi connectivity index (χ1v) is 4.86. The number of benzene rings is 2. The number of hydrogen-bond acceptors (Lipinski definition) is 1. The van der Waals surface area contributed by atoms with Crippen LogP contribution in [0.4, 0.5) is 8.78 Å². The summed E-state index contributed by atoms with van der Waals surface area (Å²) >= 11 is 0. The summed E-state index contributed by atoms with van der Waals surface area (Å²) in [4.78, 5) is 0. The molecule has 1 N–H and O–H groups in total. The van der Waals surface area contributed by atoms with Gasteiger partial charge in [0.05, 0.1) is 6.61 Å². The molecule has 0 aliphatic heterocycles. The molecule has 0 bridgehead atoms. The van der Waals surface area contributed by atoms with E-state index in [9.17, 15) is 8.78 Å². The first-order valence-electron chi connectivity index (χ1n) is 4.86. The highest BCUT2D eigenvalue weighted by Crippen LogP contribution is 2.24. The topological polar surface area (TPSA) is 20.2 Å². The maximum absolute atomic E-state index is 13.5. The summed E-state index contributed by atoms with van der Waals surface area (Å²) in [5.41, 5.74) is 1.13. The average molecular weight is 220 g/mol.